The average molecular weight is 356 g/mol. The van der Waals surface area contributed by atoms with Crippen LogP contribution in [0.1, 0.15) is 36.7 Å². The minimum atomic E-state index is -1.02. The van der Waals surface area contributed by atoms with Gasteiger partial charge >= 0.3 is 0 Å². The van der Waals surface area contributed by atoms with Crippen molar-refractivity contribution in [3.63, 3.8) is 0 Å². The zero-order chi connectivity index (χ0) is 19.6. The molecule has 0 aliphatic carbocycles. The molecule has 2 rings (SSSR count). The first-order valence-corrected chi connectivity index (χ1v) is 8.82. The highest BCUT2D eigenvalue weighted by Gasteiger charge is 2.50. The number of quaternary nitrogens is 1. The molecule has 0 aromatic heterocycles. The summed E-state index contributed by atoms with van der Waals surface area (Å²) in [5.41, 5.74) is -0.157. The van der Waals surface area contributed by atoms with Gasteiger partial charge in [-0.05, 0) is 45.0 Å². The van der Waals surface area contributed by atoms with Gasteiger partial charge in [-0.2, -0.15) is 0 Å². The Balaban J connectivity index is 2.07. The number of hydrogen-bond acceptors (Lipinski definition) is 3. The fourth-order valence-electron chi connectivity index (χ4n) is 2.58. The number of aliphatic hydroxyl groups is 1. The third-order valence-corrected chi connectivity index (χ3v) is 5.67. The van der Waals surface area contributed by atoms with Crippen molar-refractivity contribution in [1.82, 2.24) is 0 Å². The van der Waals surface area contributed by atoms with Gasteiger partial charge in [0.2, 0.25) is 0 Å². The summed E-state index contributed by atoms with van der Waals surface area (Å²) in [6, 6.07) is 16.2. The second-order valence-corrected chi connectivity index (χ2v) is 8.35. The molecule has 1 atom stereocenters. The van der Waals surface area contributed by atoms with Crippen LogP contribution < -0.4 is 4.74 Å². The molecule has 0 fully saturated rings. The van der Waals surface area contributed by atoms with E-state index in [4.69, 9.17) is 4.74 Å². The summed E-state index contributed by atoms with van der Waals surface area (Å²) >= 11 is 0. The molecule has 0 spiro atoms. The van der Waals surface area contributed by atoms with E-state index in [2.05, 4.69) is 21.1 Å². The molecule has 2 aromatic carbocycles. The summed E-state index contributed by atoms with van der Waals surface area (Å²) in [4.78, 5) is 12.4. The number of likely N-dealkylation sites (N-methyl/N-ethyl adjacent to an activating group) is 1. The fourth-order valence-corrected chi connectivity index (χ4v) is 2.58. The van der Waals surface area contributed by atoms with E-state index in [-0.39, 0.29) is 12.4 Å². The number of ether oxygens (including phenoxy) is 1. The maximum absolute atomic E-state index is 12.4. The highest BCUT2D eigenvalue weighted by Crippen LogP contribution is 2.31. The Bertz CT molecular complexity index is 741. The van der Waals surface area contributed by atoms with Gasteiger partial charge < -0.3 is 14.3 Å². The Morgan fingerprint density at radius 1 is 0.923 bits per heavy atom. The molecule has 0 amide bonds. The van der Waals surface area contributed by atoms with E-state index in [1.165, 1.54) is 0 Å². The molecule has 1 N–H and O–H groups in total. The maximum atomic E-state index is 12.4. The first kappa shape index (κ1) is 20.1. The molecule has 0 aliphatic rings. The van der Waals surface area contributed by atoms with Crippen LogP contribution in [0.3, 0.4) is 0 Å². The van der Waals surface area contributed by atoms with Crippen LogP contribution in [-0.4, -0.2) is 54.3 Å². The van der Waals surface area contributed by atoms with Gasteiger partial charge in [0.1, 0.15) is 23.5 Å². The number of carbonyl (C=O) groups is 1. The lowest BCUT2D eigenvalue weighted by Gasteiger charge is -2.49. The summed E-state index contributed by atoms with van der Waals surface area (Å²) in [7, 11) is 6.16. The van der Waals surface area contributed by atoms with Gasteiger partial charge in [-0.3, -0.25) is 4.79 Å². The normalized spacial score (nSPS) is 14.6. The second kappa shape index (κ2) is 7.22. The molecule has 4 nitrogen and oxygen atoms in total. The Labute approximate surface area is 156 Å². The number of nitrogens with zero attached hydrogens (tertiary/aromatic N) is 1. The zero-order valence-corrected chi connectivity index (χ0v) is 16.6. The first-order chi connectivity index (χ1) is 12.0. The van der Waals surface area contributed by atoms with Gasteiger partial charge in [-0.25, -0.2) is 0 Å². The lowest BCUT2D eigenvalue weighted by Crippen LogP contribution is -2.67. The second-order valence-electron chi connectivity index (χ2n) is 8.35. The van der Waals surface area contributed by atoms with E-state index in [1.54, 1.807) is 43.3 Å². The summed E-state index contributed by atoms with van der Waals surface area (Å²) in [6.07, 6.45) is 0. The van der Waals surface area contributed by atoms with Crippen molar-refractivity contribution in [2.24, 2.45) is 0 Å². The van der Waals surface area contributed by atoms with Crippen molar-refractivity contribution >= 4 is 5.78 Å². The average Bonchev–Trinajstić information content (AvgIpc) is 2.59. The summed E-state index contributed by atoms with van der Waals surface area (Å²) in [5.74, 6) is 0.613. The monoisotopic (exact) mass is 356 g/mol. The Kier molecular flexibility index (Phi) is 5.59. The Morgan fingerprint density at radius 2 is 1.42 bits per heavy atom. The van der Waals surface area contributed by atoms with Crippen LogP contribution in [0.25, 0.3) is 0 Å². The molecular formula is C22H30NO3+. The van der Waals surface area contributed by atoms with E-state index in [1.807, 2.05) is 32.0 Å². The van der Waals surface area contributed by atoms with Crippen molar-refractivity contribution in [3.8, 4) is 5.75 Å². The van der Waals surface area contributed by atoms with Gasteiger partial charge in [0.05, 0.1) is 21.1 Å². The molecule has 140 valence electrons. The molecule has 0 saturated heterocycles. The van der Waals surface area contributed by atoms with Crippen LogP contribution in [-0.2, 0) is 0 Å². The van der Waals surface area contributed by atoms with Crippen LogP contribution in [0.2, 0.25) is 0 Å². The Morgan fingerprint density at radius 3 is 1.92 bits per heavy atom. The summed E-state index contributed by atoms with van der Waals surface area (Å²) in [5, 5.41) is 10.9. The standard InChI is InChI=1S/C22H30NO3/c1-21(2,23(4,5)6)22(3,25)16-26-19-14-12-18(13-15-19)20(24)17-10-8-7-9-11-17/h7-15,25H,16H2,1-6H3/q+1. The predicted octanol–water partition coefficient (Wildman–Crippen LogP) is 3.53. The molecule has 0 aliphatic heterocycles. The van der Waals surface area contributed by atoms with Crippen molar-refractivity contribution in [3.05, 3.63) is 65.7 Å². The van der Waals surface area contributed by atoms with Gasteiger partial charge in [-0.1, -0.05) is 30.3 Å². The number of hydrogen-bond donors (Lipinski definition) is 1. The molecule has 0 bridgehead atoms. The van der Waals surface area contributed by atoms with E-state index in [0.717, 1.165) is 0 Å². The minimum Gasteiger partial charge on any atom is -0.490 e. The molecule has 1 unspecified atom stereocenters. The van der Waals surface area contributed by atoms with E-state index in [9.17, 15) is 9.90 Å². The molecular weight excluding hydrogens is 326 g/mol. The minimum absolute atomic E-state index is 0.0182. The predicted molar refractivity (Wildman–Crippen MR) is 105 cm³/mol. The quantitative estimate of drug-likeness (QED) is 0.610. The first-order valence-electron chi connectivity index (χ1n) is 8.82. The highest BCUT2D eigenvalue weighted by atomic mass is 16.5. The number of benzene rings is 2. The SMILES string of the molecule is CC(O)(COc1ccc(C(=O)c2ccccc2)cc1)C(C)(C)[N+](C)(C)C. The fraction of sp³-hybridized carbons (Fsp3) is 0.409. The Hall–Kier alpha value is -2.17. The van der Waals surface area contributed by atoms with Crippen molar-refractivity contribution in [1.29, 1.82) is 0 Å². The summed E-state index contributed by atoms with van der Waals surface area (Å²) < 4.78 is 6.43. The highest BCUT2D eigenvalue weighted by molar-refractivity contribution is 6.08. The van der Waals surface area contributed by atoms with E-state index in [0.29, 0.717) is 21.4 Å². The lowest BCUT2D eigenvalue weighted by atomic mass is 9.82. The van der Waals surface area contributed by atoms with E-state index < -0.39 is 11.1 Å². The molecule has 26 heavy (non-hydrogen) atoms. The smallest absolute Gasteiger partial charge is 0.193 e. The van der Waals surface area contributed by atoms with Crippen molar-refractivity contribution in [2.75, 3.05) is 27.7 Å². The van der Waals surface area contributed by atoms with Gasteiger partial charge in [-0.15, -0.1) is 0 Å². The van der Waals surface area contributed by atoms with Gasteiger partial charge in [0.25, 0.3) is 0 Å². The third kappa shape index (κ3) is 4.14. The van der Waals surface area contributed by atoms with Crippen molar-refractivity contribution < 1.29 is 19.1 Å². The van der Waals surface area contributed by atoms with Gasteiger partial charge in [0, 0.05) is 11.1 Å². The van der Waals surface area contributed by atoms with Crippen LogP contribution in [0.4, 0.5) is 0 Å². The van der Waals surface area contributed by atoms with Crippen LogP contribution in [0.15, 0.2) is 54.6 Å². The van der Waals surface area contributed by atoms with E-state index >= 15 is 0 Å². The topological polar surface area (TPSA) is 46.5 Å². The van der Waals surface area contributed by atoms with Crippen LogP contribution in [0, 0.1) is 0 Å². The molecule has 0 radical (unpaired) electrons. The van der Waals surface area contributed by atoms with Crippen LogP contribution in [0.5, 0.6) is 5.75 Å². The largest absolute Gasteiger partial charge is 0.490 e. The summed E-state index contributed by atoms with van der Waals surface area (Å²) in [6.45, 7) is 6.02. The maximum Gasteiger partial charge on any atom is 0.193 e. The van der Waals surface area contributed by atoms with Crippen LogP contribution >= 0.6 is 0 Å². The van der Waals surface area contributed by atoms with Gasteiger partial charge in [0.15, 0.2) is 5.78 Å². The lowest BCUT2D eigenvalue weighted by molar-refractivity contribution is -0.928. The zero-order valence-electron chi connectivity index (χ0n) is 16.6. The van der Waals surface area contributed by atoms with Crippen molar-refractivity contribution in [2.45, 2.75) is 31.9 Å². The number of ketones is 1. The molecule has 4 heteroatoms. The molecule has 0 saturated carbocycles. The molecule has 0 heterocycles. The number of carbonyl (C=O) groups excluding carboxylic acids is 1. The third-order valence-electron chi connectivity index (χ3n) is 5.67. The molecule has 2 aromatic rings. The number of rotatable bonds is 7.